The van der Waals surface area contributed by atoms with Crippen LogP contribution in [0.5, 0.6) is 0 Å². The number of hydrogen-bond acceptors (Lipinski definition) is 2. The van der Waals surface area contributed by atoms with Crippen molar-refractivity contribution in [2.75, 3.05) is 6.54 Å². The zero-order valence-electron chi connectivity index (χ0n) is 11.2. The summed E-state index contributed by atoms with van der Waals surface area (Å²) in [4.78, 5) is 12.0. The van der Waals surface area contributed by atoms with Crippen LogP contribution in [0.2, 0.25) is 0 Å². The van der Waals surface area contributed by atoms with Crippen molar-refractivity contribution in [3.8, 4) is 0 Å². The van der Waals surface area contributed by atoms with E-state index < -0.39 is 0 Å². The summed E-state index contributed by atoms with van der Waals surface area (Å²) in [5.41, 5.74) is 9.46. The number of nitrogens with two attached hydrogens (primary N) is 1. The normalized spacial score (nSPS) is 16.4. The maximum atomic E-state index is 12.0. The molecule has 1 aromatic carbocycles. The summed E-state index contributed by atoms with van der Waals surface area (Å²) in [5, 5.41) is 3.04. The van der Waals surface area contributed by atoms with E-state index in [1.165, 1.54) is 16.7 Å². The Morgan fingerprint density at radius 3 is 2.72 bits per heavy atom. The van der Waals surface area contributed by atoms with Crippen molar-refractivity contribution in [1.29, 1.82) is 0 Å². The van der Waals surface area contributed by atoms with Crippen molar-refractivity contribution < 1.29 is 4.79 Å². The van der Waals surface area contributed by atoms with Gasteiger partial charge in [0, 0.05) is 12.6 Å². The number of amides is 1. The van der Waals surface area contributed by atoms with Gasteiger partial charge >= 0.3 is 0 Å². The van der Waals surface area contributed by atoms with Gasteiger partial charge in [-0.3, -0.25) is 4.79 Å². The minimum absolute atomic E-state index is 0.105. The minimum Gasteiger partial charge on any atom is -0.353 e. The number of carbonyl (C=O) groups excluding carboxylic acids is 1. The van der Waals surface area contributed by atoms with Gasteiger partial charge < -0.3 is 11.1 Å². The summed E-state index contributed by atoms with van der Waals surface area (Å²) in [5.74, 6) is 0.00646. The Morgan fingerprint density at radius 1 is 1.44 bits per heavy atom. The van der Waals surface area contributed by atoms with Crippen LogP contribution in [-0.2, 0) is 11.2 Å². The van der Waals surface area contributed by atoms with Crippen LogP contribution in [0.3, 0.4) is 0 Å². The Hall–Kier alpha value is -1.35. The summed E-state index contributed by atoms with van der Waals surface area (Å²) in [7, 11) is 0. The van der Waals surface area contributed by atoms with E-state index in [1.807, 2.05) is 0 Å². The molecule has 0 aromatic heterocycles. The van der Waals surface area contributed by atoms with Gasteiger partial charge in [0.25, 0.3) is 0 Å². The SMILES string of the molecule is Cc1ccc(CC(CN)C(=O)NC2CC2)c(C)c1. The first-order valence-electron chi connectivity index (χ1n) is 6.66. The molecule has 18 heavy (non-hydrogen) atoms. The van der Waals surface area contributed by atoms with E-state index in [9.17, 15) is 4.79 Å². The second-order valence-corrected chi connectivity index (χ2v) is 5.35. The lowest BCUT2D eigenvalue weighted by atomic mass is 9.94. The second kappa shape index (κ2) is 5.53. The Bertz CT molecular complexity index is 438. The maximum absolute atomic E-state index is 12.0. The predicted octanol–water partition coefficient (Wildman–Crippen LogP) is 1.70. The number of benzene rings is 1. The molecule has 1 aliphatic carbocycles. The molecule has 2 rings (SSSR count). The van der Waals surface area contributed by atoms with Gasteiger partial charge in [0.15, 0.2) is 0 Å². The summed E-state index contributed by atoms with van der Waals surface area (Å²) < 4.78 is 0. The number of hydrogen-bond donors (Lipinski definition) is 2. The van der Waals surface area contributed by atoms with Crippen LogP contribution in [0.15, 0.2) is 18.2 Å². The molecule has 3 N–H and O–H groups in total. The van der Waals surface area contributed by atoms with Gasteiger partial charge in [-0.2, -0.15) is 0 Å². The van der Waals surface area contributed by atoms with E-state index in [0.29, 0.717) is 12.6 Å². The van der Waals surface area contributed by atoms with Crippen LogP contribution in [-0.4, -0.2) is 18.5 Å². The zero-order chi connectivity index (χ0) is 13.1. The molecule has 3 heteroatoms. The highest BCUT2D eigenvalue weighted by Gasteiger charge is 2.27. The Kier molecular flexibility index (Phi) is 4.02. The lowest BCUT2D eigenvalue weighted by Crippen LogP contribution is -2.37. The Labute approximate surface area is 109 Å². The summed E-state index contributed by atoms with van der Waals surface area (Å²) in [6.07, 6.45) is 2.97. The molecule has 3 nitrogen and oxygen atoms in total. The molecule has 0 radical (unpaired) electrons. The second-order valence-electron chi connectivity index (χ2n) is 5.35. The molecule has 1 amide bonds. The fourth-order valence-electron chi connectivity index (χ4n) is 2.17. The molecular weight excluding hydrogens is 224 g/mol. The first-order chi connectivity index (χ1) is 8.60. The van der Waals surface area contributed by atoms with E-state index in [0.717, 1.165) is 19.3 Å². The zero-order valence-corrected chi connectivity index (χ0v) is 11.2. The first kappa shape index (κ1) is 13.1. The molecule has 1 unspecified atom stereocenters. The molecule has 1 atom stereocenters. The molecule has 0 bridgehead atoms. The van der Waals surface area contributed by atoms with Crippen LogP contribution in [0.25, 0.3) is 0 Å². The fraction of sp³-hybridized carbons (Fsp3) is 0.533. The van der Waals surface area contributed by atoms with Crippen molar-refractivity contribution >= 4 is 5.91 Å². The van der Waals surface area contributed by atoms with Gasteiger partial charge in [-0.25, -0.2) is 0 Å². The molecule has 0 spiro atoms. The van der Waals surface area contributed by atoms with E-state index in [4.69, 9.17) is 5.73 Å². The van der Waals surface area contributed by atoms with Crippen molar-refractivity contribution in [1.82, 2.24) is 5.32 Å². The van der Waals surface area contributed by atoms with E-state index >= 15 is 0 Å². The lowest BCUT2D eigenvalue weighted by molar-refractivity contribution is -0.124. The molecular formula is C15H22N2O. The largest absolute Gasteiger partial charge is 0.353 e. The van der Waals surface area contributed by atoms with E-state index in [-0.39, 0.29) is 11.8 Å². The molecule has 0 saturated heterocycles. The molecule has 1 aromatic rings. The van der Waals surface area contributed by atoms with Crippen molar-refractivity contribution in [2.45, 2.75) is 39.2 Å². The maximum Gasteiger partial charge on any atom is 0.224 e. The van der Waals surface area contributed by atoms with Crippen molar-refractivity contribution in [3.05, 3.63) is 34.9 Å². The van der Waals surface area contributed by atoms with Gasteiger partial charge in [-0.15, -0.1) is 0 Å². The first-order valence-corrected chi connectivity index (χ1v) is 6.66. The summed E-state index contributed by atoms with van der Waals surface area (Å²) in [6.45, 7) is 4.58. The van der Waals surface area contributed by atoms with Crippen LogP contribution < -0.4 is 11.1 Å². The van der Waals surface area contributed by atoms with E-state index in [2.05, 4.69) is 37.4 Å². The van der Waals surface area contributed by atoms with E-state index in [1.54, 1.807) is 0 Å². The Balaban J connectivity index is 2.01. The van der Waals surface area contributed by atoms with Crippen molar-refractivity contribution in [3.63, 3.8) is 0 Å². The third-order valence-electron chi connectivity index (χ3n) is 3.54. The monoisotopic (exact) mass is 246 g/mol. The topological polar surface area (TPSA) is 55.1 Å². The van der Waals surface area contributed by atoms with Gasteiger partial charge in [-0.1, -0.05) is 23.8 Å². The fourth-order valence-corrected chi connectivity index (χ4v) is 2.17. The van der Waals surface area contributed by atoms with Gasteiger partial charge in [0.1, 0.15) is 0 Å². The predicted molar refractivity (Wildman–Crippen MR) is 73.3 cm³/mol. The Morgan fingerprint density at radius 2 is 2.17 bits per heavy atom. The van der Waals surface area contributed by atoms with Crippen LogP contribution >= 0.6 is 0 Å². The number of aryl methyl sites for hydroxylation is 2. The van der Waals surface area contributed by atoms with Gasteiger partial charge in [0.05, 0.1) is 5.92 Å². The highest BCUT2D eigenvalue weighted by atomic mass is 16.2. The van der Waals surface area contributed by atoms with Crippen LogP contribution in [0, 0.1) is 19.8 Å². The quantitative estimate of drug-likeness (QED) is 0.831. The number of nitrogens with one attached hydrogen (secondary N) is 1. The minimum atomic E-state index is -0.105. The third kappa shape index (κ3) is 3.33. The third-order valence-corrected chi connectivity index (χ3v) is 3.54. The van der Waals surface area contributed by atoms with Crippen LogP contribution in [0.4, 0.5) is 0 Å². The highest BCUT2D eigenvalue weighted by molar-refractivity contribution is 5.79. The number of rotatable bonds is 5. The highest BCUT2D eigenvalue weighted by Crippen LogP contribution is 2.20. The standard InChI is InChI=1S/C15H22N2O/c1-10-3-4-12(11(2)7-10)8-13(9-16)15(18)17-14-5-6-14/h3-4,7,13-14H,5-6,8-9,16H2,1-2H3,(H,17,18). The smallest absolute Gasteiger partial charge is 0.224 e. The molecule has 0 aliphatic heterocycles. The lowest BCUT2D eigenvalue weighted by Gasteiger charge is -2.16. The van der Waals surface area contributed by atoms with Crippen LogP contribution in [0.1, 0.15) is 29.5 Å². The molecule has 98 valence electrons. The van der Waals surface area contributed by atoms with Gasteiger partial charge in [-0.05, 0) is 44.2 Å². The average molecular weight is 246 g/mol. The summed E-state index contributed by atoms with van der Waals surface area (Å²) >= 11 is 0. The summed E-state index contributed by atoms with van der Waals surface area (Å²) in [6, 6.07) is 6.76. The number of carbonyl (C=O) groups is 1. The molecule has 1 aliphatic rings. The average Bonchev–Trinajstić information content (AvgIpc) is 3.12. The molecule has 0 heterocycles. The van der Waals surface area contributed by atoms with Crippen molar-refractivity contribution in [2.24, 2.45) is 11.7 Å². The molecule has 1 saturated carbocycles. The van der Waals surface area contributed by atoms with Gasteiger partial charge in [0.2, 0.25) is 5.91 Å². The molecule has 1 fully saturated rings.